The molecule has 1 aromatic heterocycles. The molecule has 0 atom stereocenters. The van der Waals surface area contributed by atoms with Crippen LogP contribution in [0.1, 0.15) is 21.6 Å². The Morgan fingerprint density at radius 2 is 2.05 bits per heavy atom. The number of hydrogen-bond donors (Lipinski definition) is 0. The first-order valence-corrected chi connectivity index (χ1v) is 6.75. The zero-order valence-electron chi connectivity index (χ0n) is 10.9. The number of halogens is 1. The summed E-state index contributed by atoms with van der Waals surface area (Å²) in [4.78, 5) is 17.8. The van der Waals surface area contributed by atoms with Crippen molar-refractivity contribution < 1.29 is 4.79 Å². The Labute approximate surface area is 125 Å². The van der Waals surface area contributed by atoms with E-state index in [0.717, 1.165) is 10.0 Å². The average molecular weight is 330 g/mol. The molecule has 0 N–H and O–H groups in total. The van der Waals surface area contributed by atoms with Crippen LogP contribution in [0.3, 0.4) is 0 Å². The molecular formula is C15H12BrN3O. The number of hydrogen-bond acceptors (Lipinski definition) is 3. The lowest BCUT2D eigenvalue weighted by Gasteiger charge is -2.16. The highest BCUT2D eigenvalue weighted by atomic mass is 79.9. The molecule has 1 amide bonds. The number of aromatic nitrogens is 1. The maximum absolute atomic E-state index is 12.2. The van der Waals surface area contributed by atoms with Crippen LogP contribution in [0.25, 0.3) is 0 Å². The summed E-state index contributed by atoms with van der Waals surface area (Å²) in [6.07, 6.45) is 1.47. The van der Waals surface area contributed by atoms with E-state index in [0.29, 0.717) is 12.1 Å². The van der Waals surface area contributed by atoms with Crippen LogP contribution in [-0.2, 0) is 6.54 Å². The molecule has 2 rings (SSSR count). The number of amides is 1. The Hall–Kier alpha value is -2.19. The van der Waals surface area contributed by atoms with Crippen LogP contribution in [0.5, 0.6) is 0 Å². The highest BCUT2D eigenvalue weighted by molar-refractivity contribution is 9.10. The van der Waals surface area contributed by atoms with Gasteiger partial charge in [0.15, 0.2) is 0 Å². The number of rotatable bonds is 3. The van der Waals surface area contributed by atoms with Crippen molar-refractivity contribution in [3.63, 3.8) is 0 Å². The van der Waals surface area contributed by atoms with Crippen LogP contribution in [0, 0.1) is 11.3 Å². The Balaban J connectivity index is 2.12. The molecule has 0 fully saturated rings. The summed E-state index contributed by atoms with van der Waals surface area (Å²) in [5, 5.41) is 8.84. The summed E-state index contributed by atoms with van der Waals surface area (Å²) in [6, 6.07) is 12.8. The molecule has 0 unspecified atom stereocenters. The standard InChI is InChI=1S/C15H12BrN3O/c1-19(10-11-2-4-13(16)5-3-11)15(20)14-8-12(9-17)6-7-18-14/h2-8H,10H2,1H3. The molecule has 0 saturated carbocycles. The second-order valence-electron chi connectivity index (χ2n) is 4.33. The van der Waals surface area contributed by atoms with Gasteiger partial charge >= 0.3 is 0 Å². The molecule has 0 radical (unpaired) electrons. The molecule has 0 saturated heterocycles. The lowest BCUT2D eigenvalue weighted by atomic mass is 10.2. The maximum atomic E-state index is 12.2. The molecular weight excluding hydrogens is 318 g/mol. The molecule has 2 aromatic rings. The largest absolute Gasteiger partial charge is 0.336 e. The number of carbonyl (C=O) groups is 1. The molecule has 0 spiro atoms. The fraction of sp³-hybridized carbons (Fsp3) is 0.133. The third kappa shape index (κ3) is 3.43. The predicted octanol–water partition coefficient (Wildman–Crippen LogP) is 2.99. The topological polar surface area (TPSA) is 57.0 Å². The zero-order chi connectivity index (χ0) is 14.5. The van der Waals surface area contributed by atoms with Gasteiger partial charge in [-0.3, -0.25) is 9.78 Å². The fourth-order valence-electron chi connectivity index (χ4n) is 1.75. The van der Waals surface area contributed by atoms with Crippen LogP contribution < -0.4 is 0 Å². The molecule has 1 aromatic carbocycles. The molecule has 0 aliphatic heterocycles. The first-order chi connectivity index (χ1) is 9.60. The molecule has 20 heavy (non-hydrogen) atoms. The lowest BCUT2D eigenvalue weighted by molar-refractivity contribution is 0.0779. The van der Waals surface area contributed by atoms with Gasteiger partial charge in [0, 0.05) is 24.3 Å². The Bertz CT molecular complexity index is 662. The zero-order valence-corrected chi connectivity index (χ0v) is 12.5. The van der Waals surface area contributed by atoms with E-state index in [1.807, 2.05) is 30.3 Å². The highest BCUT2D eigenvalue weighted by Gasteiger charge is 2.13. The predicted molar refractivity (Wildman–Crippen MR) is 78.9 cm³/mol. The van der Waals surface area contributed by atoms with E-state index in [1.165, 1.54) is 12.3 Å². The molecule has 0 aliphatic rings. The van der Waals surface area contributed by atoms with E-state index in [1.54, 1.807) is 18.0 Å². The van der Waals surface area contributed by atoms with Gasteiger partial charge in [-0.2, -0.15) is 5.26 Å². The summed E-state index contributed by atoms with van der Waals surface area (Å²) in [5.74, 6) is -0.204. The summed E-state index contributed by atoms with van der Waals surface area (Å²) < 4.78 is 0.999. The molecule has 0 aliphatic carbocycles. The average Bonchev–Trinajstić information content (AvgIpc) is 2.48. The fourth-order valence-corrected chi connectivity index (χ4v) is 2.01. The van der Waals surface area contributed by atoms with Crippen molar-refractivity contribution in [3.8, 4) is 6.07 Å². The maximum Gasteiger partial charge on any atom is 0.272 e. The molecule has 0 bridgehead atoms. The molecule has 1 heterocycles. The first-order valence-electron chi connectivity index (χ1n) is 5.96. The van der Waals surface area contributed by atoms with Crippen molar-refractivity contribution in [2.75, 3.05) is 7.05 Å². The van der Waals surface area contributed by atoms with E-state index >= 15 is 0 Å². The van der Waals surface area contributed by atoms with Gasteiger partial charge in [-0.25, -0.2) is 0 Å². The van der Waals surface area contributed by atoms with Crippen LogP contribution in [-0.4, -0.2) is 22.8 Å². The van der Waals surface area contributed by atoms with Gasteiger partial charge in [-0.15, -0.1) is 0 Å². The lowest BCUT2D eigenvalue weighted by Crippen LogP contribution is -2.27. The van der Waals surface area contributed by atoms with E-state index in [-0.39, 0.29) is 11.6 Å². The second-order valence-corrected chi connectivity index (χ2v) is 5.24. The molecule has 5 heteroatoms. The number of nitriles is 1. The number of benzene rings is 1. The second kappa shape index (κ2) is 6.31. The summed E-state index contributed by atoms with van der Waals surface area (Å²) in [5.41, 5.74) is 1.74. The van der Waals surface area contributed by atoms with Crippen LogP contribution in [0.4, 0.5) is 0 Å². The monoisotopic (exact) mass is 329 g/mol. The minimum atomic E-state index is -0.204. The SMILES string of the molecule is CN(Cc1ccc(Br)cc1)C(=O)c1cc(C#N)ccn1. The van der Waals surface area contributed by atoms with Crippen molar-refractivity contribution in [2.45, 2.75) is 6.54 Å². The van der Waals surface area contributed by atoms with Crippen molar-refractivity contribution in [2.24, 2.45) is 0 Å². The van der Waals surface area contributed by atoms with Gasteiger partial charge in [-0.05, 0) is 29.8 Å². The van der Waals surface area contributed by atoms with Crippen molar-refractivity contribution in [3.05, 3.63) is 63.9 Å². The van der Waals surface area contributed by atoms with E-state index in [4.69, 9.17) is 5.26 Å². The van der Waals surface area contributed by atoms with Crippen LogP contribution >= 0.6 is 15.9 Å². The van der Waals surface area contributed by atoms with Gasteiger partial charge in [0.2, 0.25) is 0 Å². The molecule has 100 valence electrons. The van der Waals surface area contributed by atoms with E-state index in [2.05, 4.69) is 20.9 Å². The minimum Gasteiger partial charge on any atom is -0.336 e. The van der Waals surface area contributed by atoms with Gasteiger partial charge in [-0.1, -0.05) is 28.1 Å². The third-order valence-corrected chi connectivity index (χ3v) is 3.32. The molecule has 4 nitrogen and oxygen atoms in total. The van der Waals surface area contributed by atoms with E-state index < -0.39 is 0 Å². The first kappa shape index (κ1) is 14.2. The van der Waals surface area contributed by atoms with Crippen molar-refractivity contribution >= 4 is 21.8 Å². The van der Waals surface area contributed by atoms with E-state index in [9.17, 15) is 4.79 Å². The van der Waals surface area contributed by atoms with Gasteiger partial charge in [0.25, 0.3) is 5.91 Å². The number of carbonyl (C=O) groups excluding carboxylic acids is 1. The van der Waals surface area contributed by atoms with Gasteiger partial charge in [0.05, 0.1) is 11.6 Å². The third-order valence-electron chi connectivity index (χ3n) is 2.79. The van der Waals surface area contributed by atoms with Crippen molar-refractivity contribution in [1.29, 1.82) is 5.26 Å². The smallest absolute Gasteiger partial charge is 0.272 e. The summed E-state index contributed by atoms with van der Waals surface area (Å²) in [7, 11) is 1.71. The quantitative estimate of drug-likeness (QED) is 0.869. The number of pyridine rings is 1. The van der Waals surface area contributed by atoms with Crippen LogP contribution in [0.15, 0.2) is 47.1 Å². The Morgan fingerprint density at radius 1 is 1.35 bits per heavy atom. The summed E-state index contributed by atoms with van der Waals surface area (Å²) in [6.45, 7) is 0.491. The normalized spacial score (nSPS) is 9.85. The van der Waals surface area contributed by atoms with Crippen molar-refractivity contribution in [1.82, 2.24) is 9.88 Å². The number of nitrogens with zero attached hydrogens (tertiary/aromatic N) is 3. The summed E-state index contributed by atoms with van der Waals surface area (Å²) >= 11 is 3.37. The highest BCUT2D eigenvalue weighted by Crippen LogP contribution is 2.13. The Morgan fingerprint density at radius 3 is 2.70 bits per heavy atom. The van der Waals surface area contributed by atoms with Gasteiger partial charge in [0.1, 0.15) is 5.69 Å². The van der Waals surface area contributed by atoms with Gasteiger partial charge < -0.3 is 4.90 Å². The van der Waals surface area contributed by atoms with Crippen LogP contribution in [0.2, 0.25) is 0 Å². The minimum absolute atomic E-state index is 0.204. The Kier molecular flexibility index (Phi) is 4.49.